The fraction of sp³-hybridized carbons (Fsp3) is 0.158. The maximum absolute atomic E-state index is 12.7. The summed E-state index contributed by atoms with van der Waals surface area (Å²) in [7, 11) is 0. The highest BCUT2D eigenvalue weighted by Crippen LogP contribution is 2.37. The van der Waals surface area contributed by atoms with E-state index < -0.39 is 16.1 Å². The summed E-state index contributed by atoms with van der Waals surface area (Å²) >= 11 is 2.71. The number of phenolic OH excluding ortho intramolecular Hbond substituents is 1. The summed E-state index contributed by atoms with van der Waals surface area (Å²) in [5.41, 5.74) is 0.718. The molecule has 2 amide bonds. The Balaban J connectivity index is 1.89. The summed E-state index contributed by atoms with van der Waals surface area (Å²) in [5.74, 6) is -0.238. The number of carbonyl (C=O) groups excluding carboxylic acids is 2. The van der Waals surface area contributed by atoms with Crippen molar-refractivity contribution in [2.45, 2.75) is 13.5 Å². The Morgan fingerprint density at radius 2 is 2.03 bits per heavy atom. The average molecular weight is 526 g/mol. The molecule has 1 N–H and O–H groups in total. The molecular formula is C19H15IN2O6S. The van der Waals surface area contributed by atoms with E-state index in [1.165, 1.54) is 24.3 Å². The van der Waals surface area contributed by atoms with Crippen molar-refractivity contribution in [3.63, 3.8) is 0 Å². The Labute approximate surface area is 183 Å². The minimum absolute atomic E-state index is 0.00842. The zero-order chi connectivity index (χ0) is 21.1. The smallest absolute Gasteiger partial charge is 0.293 e. The summed E-state index contributed by atoms with van der Waals surface area (Å²) in [4.78, 5) is 36.9. The van der Waals surface area contributed by atoms with Crippen molar-refractivity contribution in [3.8, 4) is 11.5 Å². The molecule has 0 spiro atoms. The van der Waals surface area contributed by atoms with E-state index in [1.807, 2.05) is 22.6 Å². The van der Waals surface area contributed by atoms with E-state index in [0.29, 0.717) is 15.7 Å². The van der Waals surface area contributed by atoms with Crippen molar-refractivity contribution >= 4 is 57.3 Å². The van der Waals surface area contributed by atoms with Crippen molar-refractivity contribution in [1.29, 1.82) is 0 Å². The minimum atomic E-state index is -0.544. The number of hydrogen-bond donors (Lipinski definition) is 1. The zero-order valence-corrected chi connectivity index (χ0v) is 18.1. The van der Waals surface area contributed by atoms with Crippen molar-refractivity contribution < 1.29 is 24.4 Å². The highest BCUT2D eigenvalue weighted by atomic mass is 127. The first-order chi connectivity index (χ1) is 13.8. The average Bonchev–Trinajstić information content (AvgIpc) is 2.93. The number of thioether (sulfide) groups is 1. The van der Waals surface area contributed by atoms with Gasteiger partial charge in [-0.3, -0.25) is 24.6 Å². The van der Waals surface area contributed by atoms with Gasteiger partial charge in [-0.15, -0.1) is 0 Å². The first-order valence-corrected chi connectivity index (χ1v) is 10.3. The van der Waals surface area contributed by atoms with E-state index in [0.717, 1.165) is 16.7 Å². The van der Waals surface area contributed by atoms with Crippen LogP contribution in [0.1, 0.15) is 18.1 Å². The van der Waals surface area contributed by atoms with Crippen LogP contribution in [0.4, 0.5) is 10.5 Å². The molecule has 1 aliphatic heterocycles. The first-order valence-electron chi connectivity index (χ1n) is 8.44. The highest BCUT2D eigenvalue weighted by molar-refractivity contribution is 14.1. The Morgan fingerprint density at radius 1 is 1.31 bits per heavy atom. The number of nitro groups is 1. The van der Waals surface area contributed by atoms with Crippen LogP contribution in [0.5, 0.6) is 11.5 Å². The normalized spacial score (nSPS) is 15.2. The quantitative estimate of drug-likeness (QED) is 0.255. The molecule has 0 radical (unpaired) electrons. The number of hydrogen-bond acceptors (Lipinski definition) is 7. The summed E-state index contributed by atoms with van der Waals surface area (Å²) in [6.07, 6.45) is 1.54. The third kappa shape index (κ3) is 4.53. The predicted octanol–water partition coefficient (Wildman–Crippen LogP) is 4.54. The molecule has 2 aromatic rings. The van der Waals surface area contributed by atoms with Crippen LogP contribution in [0.25, 0.3) is 6.08 Å². The fourth-order valence-electron chi connectivity index (χ4n) is 2.72. The second-order valence-electron chi connectivity index (χ2n) is 5.94. The molecule has 0 saturated carbocycles. The Kier molecular flexibility index (Phi) is 6.42. The lowest BCUT2D eigenvalue weighted by Crippen LogP contribution is -2.27. The second-order valence-corrected chi connectivity index (χ2v) is 8.09. The van der Waals surface area contributed by atoms with Crippen LogP contribution in [-0.4, -0.2) is 32.7 Å². The molecule has 0 aromatic heterocycles. The number of para-hydroxylation sites is 1. The van der Waals surface area contributed by atoms with Crippen LogP contribution in [0.3, 0.4) is 0 Å². The lowest BCUT2D eigenvalue weighted by Gasteiger charge is -2.12. The Hall–Kier alpha value is -2.60. The summed E-state index contributed by atoms with van der Waals surface area (Å²) in [5, 5.41) is 20.7. The van der Waals surface area contributed by atoms with Gasteiger partial charge in [0.2, 0.25) is 0 Å². The molecule has 29 heavy (non-hydrogen) atoms. The van der Waals surface area contributed by atoms with Gasteiger partial charge < -0.3 is 9.84 Å². The molecule has 0 bridgehead atoms. The molecule has 3 rings (SSSR count). The number of ether oxygens (including phenoxy) is 1. The third-order valence-corrected chi connectivity index (χ3v) is 5.77. The van der Waals surface area contributed by atoms with Crippen LogP contribution >= 0.6 is 34.4 Å². The van der Waals surface area contributed by atoms with Gasteiger partial charge in [-0.05, 0) is 65.0 Å². The largest absolute Gasteiger partial charge is 0.504 e. The summed E-state index contributed by atoms with van der Waals surface area (Å²) in [6.45, 7) is 1.96. The standard InChI is InChI=1S/C19H15IN2O6S/c1-2-28-15-8-11(7-13(20)17(15)23)9-16-18(24)21(19(25)29-16)10-12-5-3-4-6-14(12)22(26)27/h3-9,23H,2,10H2,1H3/b16-9-. The highest BCUT2D eigenvalue weighted by Gasteiger charge is 2.36. The van der Waals surface area contributed by atoms with Gasteiger partial charge in [0.15, 0.2) is 11.5 Å². The minimum Gasteiger partial charge on any atom is -0.504 e. The van der Waals surface area contributed by atoms with Gasteiger partial charge in [0, 0.05) is 11.6 Å². The number of halogens is 1. The summed E-state index contributed by atoms with van der Waals surface area (Å²) in [6, 6.07) is 9.23. The summed E-state index contributed by atoms with van der Waals surface area (Å²) < 4.78 is 5.93. The lowest BCUT2D eigenvalue weighted by atomic mass is 10.1. The van der Waals surface area contributed by atoms with E-state index >= 15 is 0 Å². The van der Waals surface area contributed by atoms with Crippen LogP contribution in [0.2, 0.25) is 0 Å². The van der Waals surface area contributed by atoms with Gasteiger partial charge in [0.05, 0.1) is 26.6 Å². The molecule has 2 aromatic carbocycles. The fourth-order valence-corrected chi connectivity index (χ4v) is 4.19. The maximum atomic E-state index is 12.7. The van der Waals surface area contributed by atoms with Crippen LogP contribution in [0.15, 0.2) is 41.3 Å². The monoisotopic (exact) mass is 526 g/mol. The molecule has 1 heterocycles. The molecule has 1 fully saturated rings. The number of carbonyl (C=O) groups is 2. The number of imide groups is 1. The van der Waals surface area contributed by atoms with Gasteiger partial charge in [0.1, 0.15) is 0 Å². The van der Waals surface area contributed by atoms with Crippen molar-refractivity contribution in [1.82, 2.24) is 4.90 Å². The maximum Gasteiger partial charge on any atom is 0.293 e. The SMILES string of the molecule is CCOc1cc(/C=C2\SC(=O)N(Cc3ccccc3[N+](=O)[O-])C2=O)cc(I)c1O. The van der Waals surface area contributed by atoms with Gasteiger partial charge >= 0.3 is 0 Å². The second kappa shape index (κ2) is 8.82. The van der Waals surface area contributed by atoms with E-state index in [-0.39, 0.29) is 34.2 Å². The van der Waals surface area contributed by atoms with Gasteiger partial charge in [0.25, 0.3) is 16.8 Å². The van der Waals surface area contributed by atoms with E-state index in [2.05, 4.69) is 0 Å². The van der Waals surface area contributed by atoms with Gasteiger partial charge in [-0.1, -0.05) is 18.2 Å². The molecule has 0 atom stereocenters. The molecule has 1 saturated heterocycles. The first kappa shape index (κ1) is 21.1. The Bertz CT molecular complexity index is 1040. The lowest BCUT2D eigenvalue weighted by molar-refractivity contribution is -0.385. The van der Waals surface area contributed by atoms with Crippen molar-refractivity contribution in [3.05, 3.63) is 66.1 Å². The van der Waals surface area contributed by atoms with Crippen LogP contribution < -0.4 is 4.74 Å². The van der Waals surface area contributed by atoms with Crippen molar-refractivity contribution in [2.75, 3.05) is 6.61 Å². The number of phenols is 1. The molecule has 0 aliphatic carbocycles. The number of amides is 2. The number of nitro benzene ring substituents is 1. The van der Waals surface area contributed by atoms with E-state index in [4.69, 9.17) is 4.74 Å². The molecule has 1 aliphatic rings. The van der Waals surface area contributed by atoms with Crippen LogP contribution in [0, 0.1) is 13.7 Å². The van der Waals surface area contributed by atoms with Crippen LogP contribution in [-0.2, 0) is 11.3 Å². The number of aromatic hydroxyl groups is 1. The van der Waals surface area contributed by atoms with Gasteiger partial charge in [-0.25, -0.2) is 0 Å². The number of rotatable bonds is 6. The number of benzene rings is 2. The predicted molar refractivity (Wildman–Crippen MR) is 117 cm³/mol. The third-order valence-electron chi connectivity index (χ3n) is 4.04. The number of nitrogens with zero attached hydrogens (tertiary/aromatic N) is 2. The molecular weight excluding hydrogens is 511 g/mol. The molecule has 8 nitrogen and oxygen atoms in total. The van der Waals surface area contributed by atoms with E-state index in [9.17, 15) is 24.8 Å². The molecule has 10 heteroatoms. The Morgan fingerprint density at radius 3 is 2.72 bits per heavy atom. The van der Waals surface area contributed by atoms with Crippen molar-refractivity contribution in [2.24, 2.45) is 0 Å². The zero-order valence-electron chi connectivity index (χ0n) is 15.1. The molecule has 0 unspecified atom stereocenters. The van der Waals surface area contributed by atoms with Gasteiger partial charge in [-0.2, -0.15) is 0 Å². The van der Waals surface area contributed by atoms with E-state index in [1.54, 1.807) is 25.1 Å². The molecule has 150 valence electrons. The topological polar surface area (TPSA) is 110 Å².